The van der Waals surface area contributed by atoms with Crippen molar-refractivity contribution in [2.24, 2.45) is 0 Å². The number of carbonyl (C=O) groups excluding carboxylic acids is 1. The molecule has 36 heavy (non-hydrogen) atoms. The lowest BCUT2D eigenvalue weighted by atomic mass is 9.97. The molecule has 0 N–H and O–H groups in total. The number of hydrogen-bond acceptors (Lipinski definition) is 10. The van der Waals surface area contributed by atoms with Crippen LogP contribution in [0.25, 0.3) is 5.69 Å². The number of ether oxygens (including phenoxy) is 2. The highest BCUT2D eigenvalue weighted by Gasteiger charge is 2.25. The van der Waals surface area contributed by atoms with Gasteiger partial charge in [0.05, 0.1) is 21.4 Å². The van der Waals surface area contributed by atoms with Crippen LogP contribution >= 0.6 is 22.9 Å². The summed E-state index contributed by atoms with van der Waals surface area (Å²) in [5.74, 6) is 1.72. The number of Topliss-reactive ketones (excluding diaryl/α,β-unsaturated/α-hetero) is 1. The summed E-state index contributed by atoms with van der Waals surface area (Å²) in [4.78, 5) is 23.5. The molecule has 186 valence electrons. The predicted molar refractivity (Wildman–Crippen MR) is 135 cm³/mol. The zero-order valence-electron chi connectivity index (χ0n) is 19.6. The Morgan fingerprint density at radius 3 is 2.72 bits per heavy atom. The monoisotopic (exact) mass is 525 g/mol. The van der Waals surface area contributed by atoms with E-state index in [-0.39, 0.29) is 12.4 Å². The lowest BCUT2D eigenvalue weighted by molar-refractivity contribution is 0.0847. The van der Waals surface area contributed by atoms with E-state index >= 15 is 0 Å². The Balaban J connectivity index is 1.14. The van der Waals surface area contributed by atoms with E-state index in [9.17, 15) is 4.79 Å². The number of carbonyl (C=O) groups is 1. The molecule has 0 atom stereocenters. The maximum atomic E-state index is 12.0. The van der Waals surface area contributed by atoms with Crippen molar-refractivity contribution in [2.45, 2.75) is 25.4 Å². The number of thiazole rings is 1. The van der Waals surface area contributed by atoms with E-state index in [0.717, 1.165) is 48.1 Å². The molecule has 0 radical (unpaired) electrons. The summed E-state index contributed by atoms with van der Waals surface area (Å²) >= 11 is 8.13. The number of methoxy groups -OCH3 is 1. The lowest BCUT2D eigenvalue weighted by Gasteiger charge is -2.32. The molecule has 12 heteroatoms. The predicted octanol–water partition coefficient (Wildman–Crippen LogP) is 3.96. The minimum atomic E-state index is -0.137. The second-order valence-electron chi connectivity index (χ2n) is 8.36. The summed E-state index contributed by atoms with van der Waals surface area (Å²) in [6.07, 6.45) is 5.02. The fourth-order valence-electron chi connectivity index (χ4n) is 4.08. The van der Waals surface area contributed by atoms with Crippen LogP contribution in [0, 0.1) is 0 Å². The van der Waals surface area contributed by atoms with Crippen molar-refractivity contribution in [3.8, 4) is 11.4 Å². The van der Waals surface area contributed by atoms with E-state index in [1.165, 1.54) is 7.11 Å². The van der Waals surface area contributed by atoms with Gasteiger partial charge in [-0.05, 0) is 53.6 Å². The van der Waals surface area contributed by atoms with Gasteiger partial charge in [-0.2, -0.15) is 0 Å². The fourth-order valence-corrected chi connectivity index (χ4v) is 5.34. The van der Waals surface area contributed by atoms with Crippen LogP contribution in [0.5, 0.6) is 5.75 Å². The van der Waals surface area contributed by atoms with Crippen molar-refractivity contribution in [3.05, 3.63) is 69.5 Å². The van der Waals surface area contributed by atoms with Crippen molar-refractivity contribution >= 4 is 34.5 Å². The molecule has 1 aromatic carbocycles. The molecule has 0 bridgehead atoms. The number of halogens is 1. The van der Waals surface area contributed by atoms with E-state index in [2.05, 4.69) is 30.8 Å². The Hall–Kier alpha value is -3.41. The average Bonchev–Trinajstić information content (AvgIpc) is 3.61. The molecule has 4 heterocycles. The standard InChI is InChI=1S/C24H24ClN7O3S/c1-34-13-22(33)17-10-21(25)23(26-11-17)31-8-6-16(7-9-31)24-28-18(14-36-24)12-35-20-4-2-19(3-5-20)32-15-27-29-30-32/h2-5,10-11,14-16H,6-9,12-13H2,1H3. The van der Waals surface area contributed by atoms with Gasteiger partial charge in [-0.1, -0.05) is 11.6 Å². The van der Waals surface area contributed by atoms with Crippen LogP contribution in [0.1, 0.15) is 39.8 Å². The number of hydrogen-bond donors (Lipinski definition) is 0. The smallest absolute Gasteiger partial charge is 0.190 e. The van der Waals surface area contributed by atoms with Crippen LogP contribution in [-0.2, 0) is 11.3 Å². The molecular weight excluding hydrogens is 502 g/mol. The molecule has 0 unspecified atom stereocenters. The lowest BCUT2D eigenvalue weighted by Crippen LogP contribution is -2.33. The van der Waals surface area contributed by atoms with Crippen molar-refractivity contribution < 1.29 is 14.3 Å². The summed E-state index contributed by atoms with van der Waals surface area (Å²) in [5, 5.41) is 14.8. The average molecular weight is 526 g/mol. The van der Waals surface area contributed by atoms with Crippen molar-refractivity contribution in [1.82, 2.24) is 30.2 Å². The van der Waals surface area contributed by atoms with Gasteiger partial charge in [0.2, 0.25) is 0 Å². The highest BCUT2D eigenvalue weighted by molar-refractivity contribution is 7.09. The third kappa shape index (κ3) is 5.53. The van der Waals surface area contributed by atoms with E-state index in [1.54, 1.807) is 34.6 Å². The number of rotatable bonds is 9. The maximum absolute atomic E-state index is 12.0. The molecule has 0 spiro atoms. The quantitative estimate of drug-likeness (QED) is 0.300. The first-order chi connectivity index (χ1) is 17.6. The highest BCUT2D eigenvalue weighted by Crippen LogP contribution is 2.34. The van der Waals surface area contributed by atoms with Crippen molar-refractivity contribution in [2.75, 3.05) is 31.7 Å². The van der Waals surface area contributed by atoms with Crippen LogP contribution in [-0.4, -0.2) is 62.8 Å². The van der Waals surface area contributed by atoms with Gasteiger partial charge in [-0.3, -0.25) is 4.79 Å². The first-order valence-electron chi connectivity index (χ1n) is 11.4. The molecule has 10 nitrogen and oxygen atoms in total. The topological polar surface area (TPSA) is 108 Å². The van der Waals surface area contributed by atoms with Crippen LogP contribution < -0.4 is 9.64 Å². The van der Waals surface area contributed by atoms with Gasteiger partial charge in [-0.25, -0.2) is 14.6 Å². The van der Waals surface area contributed by atoms with Gasteiger partial charge in [0, 0.05) is 43.3 Å². The van der Waals surface area contributed by atoms with Gasteiger partial charge < -0.3 is 14.4 Å². The first-order valence-corrected chi connectivity index (χ1v) is 12.7. The minimum absolute atomic E-state index is 0.0117. The molecule has 0 aliphatic carbocycles. The molecule has 1 fully saturated rings. The zero-order chi connectivity index (χ0) is 24.9. The molecule has 4 aromatic rings. The summed E-state index contributed by atoms with van der Waals surface area (Å²) in [6, 6.07) is 9.25. The number of nitrogens with zero attached hydrogens (tertiary/aromatic N) is 7. The van der Waals surface area contributed by atoms with E-state index < -0.39 is 0 Å². The van der Waals surface area contributed by atoms with Crippen molar-refractivity contribution in [1.29, 1.82) is 0 Å². The Bertz CT molecular complexity index is 1310. The SMILES string of the molecule is COCC(=O)c1cnc(N2CCC(c3nc(COc4ccc(-n5cnnn5)cc4)cs3)CC2)c(Cl)c1. The first kappa shape index (κ1) is 24.3. The molecular formula is C24H24ClN7O3S. The zero-order valence-corrected chi connectivity index (χ0v) is 21.2. The number of tetrazole rings is 1. The second-order valence-corrected chi connectivity index (χ2v) is 9.66. The molecule has 1 aliphatic rings. The number of benzene rings is 1. The number of piperidine rings is 1. The van der Waals surface area contributed by atoms with Gasteiger partial charge in [-0.15, -0.1) is 16.4 Å². The van der Waals surface area contributed by atoms with E-state index in [4.69, 9.17) is 26.1 Å². The van der Waals surface area contributed by atoms with Gasteiger partial charge in [0.1, 0.15) is 31.1 Å². The van der Waals surface area contributed by atoms with Crippen LogP contribution in [0.3, 0.4) is 0 Å². The molecule has 0 saturated carbocycles. The third-order valence-corrected chi connectivity index (χ3v) is 7.30. The number of pyridine rings is 1. The maximum Gasteiger partial charge on any atom is 0.190 e. The van der Waals surface area contributed by atoms with Crippen LogP contribution in [0.2, 0.25) is 5.02 Å². The minimum Gasteiger partial charge on any atom is -0.487 e. The fraction of sp³-hybridized carbons (Fsp3) is 0.333. The van der Waals surface area contributed by atoms with Crippen LogP contribution in [0.15, 0.2) is 48.2 Å². The Kier molecular flexibility index (Phi) is 7.49. The van der Waals surface area contributed by atoms with Gasteiger partial charge in [0.15, 0.2) is 5.78 Å². The highest BCUT2D eigenvalue weighted by atomic mass is 35.5. The number of anilines is 1. The Morgan fingerprint density at radius 1 is 1.22 bits per heavy atom. The molecule has 0 amide bonds. The molecule has 1 aliphatic heterocycles. The van der Waals surface area contributed by atoms with Gasteiger partial charge in [0.25, 0.3) is 0 Å². The number of aromatic nitrogens is 6. The molecule has 5 rings (SSSR count). The van der Waals surface area contributed by atoms with Gasteiger partial charge >= 0.3 is 0 Å². The van der Waals surface area contributed by atoms with Crippen molar-refractivity contribution in [3.63, 3.8) is 0 Å². The summed E-state index contributed by atoms with van der Waals surface area (Å²) in [6.45, 7) is 2.06. The van der Waals surface area contributed by atoms with E-state index in [1.807, 2.05) is 24.3 Å². The van der Waals surface area contributed by atoms with E-state index in [0.29, 0.717) is 28.9 Å². The Labute approximate surface area is 216 Å². The second kappa shape index (κ2) is 11.1. The third-order valence-electron chi connectivity index (χ3n) is 5.97. The largest absolute Gasteiger partial charge is 0.487 e. The summed E-state index contributed by atoms with van der Waals surface area (Å²) in [5.41, 5.74) is 2.24. The number of ketones is 1. The van der Waals surface area contributed by atoms with Crippen LogP contribution in [0.4, 0.5) is 5.82 Å². The normalized spacial score (nSPS) is 14.2. The summed E-state index contributed by atoms with van der Waals surface area (Å²) in [7, 11) is 1.49. The molecule has 1 saturated heterocycles. The summed E-state index contributed by atoms with van der Waals surface area (Å²) < 4.78 is 12.4. The molecule has 3 aromatic heterocycles. The Morgan fingerprint density at radius 2 is 2.03 bits per heavy atom.